The van der Waals surface area contributed by atoms with Crippen molar-refractivity contribution < 1.29 is 22.7 Å². The smallest absolute Gasteiger partial charge is 0.391 e. The highest BCUT2D eigenvalue weighted by atomic mass is 19.4. The van der Waals surface area contributed by atoms with E-state index >= 15 is 0 Å². The van der Waals surface area contributed by atoms with Crippen LogP contribution in [0.4, 0.5) is 17.6 Å². The first-order chi connectivity index (χ1) is 7.25. The molecule has 0 bridgehead atoms. The number of aliphatic hydroxyl groups excluding tert-OH is 1. The summed E-state index contributed by atoms with van der Waals surface area (Å²) in [5.41, 5.74) is 3.49. The normalized spacial score (nSPS) is 15.9. The van der Waals surface area contributed by atoms with E-state index in [4.69, 9.17) is 10.8 Å². The average molecular weight is 237 g/mol. The van der Waals surface area contributed by atoms with Crippen molar-refractivity contribution >= 4 is 0 Å². The molecule has 3 N–H and O–H groups in total. The Morgan fingerprint density at radius 2 is 1.88 bits per heavy atom. The standard InChI is InChI=1S/C10H11F4NO/c1-5(16)9(15)8-6(10(12,13)14)3-2-4-7(8)11/h2-5,9,16H,15H2,1H3/t5-,9-/m0/s1. The van der Waals surface area contributed by atoms with E-state index < -0.39 is 35.3 Å². The first kappa shape index (κ1) is 12.9. The van der Waals surface area contributed by atoms with Crippen LogP contribution in [0.2, 0.25) is 0 Å². The van der Waals surface area contributed by atoms with Crippen molar-refractivity contribution in [2.45, 2.75) is 25.2 Å². The topological polar surface area (TPSA) is 46.2 Å². The fraction of sp³-hybridized carbons (Fsp3) is 0.400. The first-order valence-electron chi connectivity index (χ1n) is 4.54. The fourth-order valence-corrected chi connectivity index (χ4v) is 1.36. The van der Waals surface area contributed by atoms with Gasteiger partial charge in [0, 0.05) is 5.56 Å². The van der Waals surface area contributed by atoms with Gasteiger partial charge in [-0.25, -0.2) is 4.39 Å². The van der Waals surface area contributed by atoms with Gasteiger partial charge in [-0.2, -0.15) is 13.2 Å². The molecule has 1 aromatic rings. The molecule has 0 saturated heterocycles. The highest BCUT2D eigenvalue weighted by Crippen LogP contribution is 2.35. The van der Waals surface area contributed by atoms with Crippen LogP contribution >= 0.6 is 0 Å². The Balaban J connectivity index is 3.35. The van der Waals surface area contributed by atoms with Gasteiger partial charge in [-0.15, -0.1) is 0 Å². The van der Waals surface area contributed by atoms with Crippen LogP contribution in [-0.2, 0) is 6.18 Å². The van der Waals surface area contributed by atoms with E-state index in [0.717, 1.165) is 18.2 Å². The molecule has 0 aliphatic rings. The second-order valence-corrected chi connectivity index (χ2v) is 3.47. The van der Waals surface area contributed by atoms with Gasteiger partial charge in [0.05, 0.1) is 17.7 Å². The summed E-state index contributed by atoms with van der Waals surface area (Å²) in [6.45, 7) is 1.21. The zero-order valence-electron chi connectivity index (χ0n) is 8.42. The van der Waals surface area contributed by atoms with E-state index in [1.54, 1.807) is 0 Å². The van der Waals surface area contributed by atoms with Crippen molar-refractivity contribution in [1.82, 2.24) is 0 Å². The molecule has 0 aliphatic heterocycles. The number of halogens is 4. The Kier molecular flexibility index (Phi) is 3.54. The van der Waals surface area contributed by atoms with Gasteiger partial charge >= 0.3 is 6.18 Å². The Morgan fingerprint density at radius 1 is 1.31 bits per heavy atom. The van der Waals surface area contributed by atoms with Gasteiger partial charge < -0.3 is 10.8 Å². The molecule has 6 heteroatoms. The van der Waals surface area contributed by atoms with Crippen molar-refractivity contribution in [1.29, 1.82) is 0 Å². The monoisotopic (exact) mass is 237 g/mol. The largest absolute Gasteiger partial charge is 0.416 e. The summed E-state index contributed by atoms with van der Waals surface area (Å²) in [4.78, 5) is 0. The Labute approximate surface area is 89.7 Å². The number of alkyl halides is 3. The van der Waals surface area contributed by atoms with E-state index in [2.05, 4.69) is 0 Å². The van der Waals surface area contributed by atoms with Gasteiger partial charge in [0.2, 0.25) is 0 Å². The van der Waals surface area contributed by atoms with E-state index in [1.807, 2.05) is 0 Å². The molecule has 0 radical (unpaired) electrons. The van der Waals surface area contributed by atoms with Gasteiger partial charge in [0.1, 0.15) is 5.82 Å². The number of hydrogen-bond acceptors (Lipinski definition) is 2. The molecule has 16 heavy (non-hydrogen) atoms. The Morgan fingerprint density at radius 3 is 2.31 bits per heavy atom. The Hall–Kier alpha value is -1.14. The lowest BCUT2D eigenvalue weighted by Gasteiger charge is -2.20. The van der Waals surface area contributed by atoms with Crippen LogP contribution < -0.4 is 5.73 Å². The third kappa shape index (κ3) is 2.51. The molecule has 0 spiro atoms. The first-order valence-corrected chi connectivity index (χ1v) is 4.54. The van der Waals surface area contributed by atoms with Crippen molar-refractivity contribution in [2.75, 3.05) is 0 Å². The third-order valence-corrected chi connectivity index (χ3v) is 2.21. The SMILES string of the molecule is C[C@H](O)[C@H](N)c1c(F)cccc1C(F)(F)F. The summed E-state index contributed by atoms with van der Waals surface area (Å²) < 4.78 is 50.9. The molecular formula is C10H11F4NO. The summed E-state index contributed by atoms with van der Waals surface area (Å²) in [6, 6.07) is 1.17. The molecule has 1 rings (SSSR count). The molecule has 90 valence electrons. The maximum atomic E-state index is 13.3. The van der Waals surface area contributed by atoms with Crippen molar-refractivity contribution in [3.8, 4) is 0 Å². The van der Waals surface area contributed by atoms with Crippen LogP contribution in [-0.4, -0.2) is 11.2 Å². The third-order valence-electron chi connectivity index (χ3n) is 2.21. The molecule has 0 fully saturated rings. The summed E-state index contributed by atoms with van der Waals surface area (Å²) >= 11 is 0. The molecule has 0 amide bonds. The van der Waals surface area contributed by atoms with Crippen LogP contribution in [0.3, 0.4) is 0 Å². The second kappa shape index (κ2) is 4.39. The summed E-state index contributed by atoms with van der Waals surface area (Å²) in [7, 11) is 0. The molecule has 1 aromatic carbocycles. The maximum Gasteiger partial charge on any atom is 0.416 e. The quantitative estimate of drug-likeness (QED) is 0.775. The lowest BCUT2D eigenvalue weighted by molar-refractivity contribution is -0.138. The number of hydrogen-bond donors (Lipinski definition) is 2. The van der Waals surface area contributed by atoms with E-state index in [-0.39, 0.29) is 0 Å². The van der Waals surface area contributed by atoms with Crippen LogP contribution in [0.1, 0.15) is 24.1 Å². The lowest BCUT2D eigenvalue weighted by atomic mass is 9.96. The molecule has 0 aromatic heterocycles. The summed E-state index contributed by atoms with van der Waals surface area (Å²) in [5.74, 6) is -1.07. The van der Waals surface area contributed by atoms with Gasteiger partial charge in [0.25, 0.3) is 0 Å². The predicted octanol–water partition coefficient (Wildman–Crippen LogP) is 2.23. The van der Waals surface area contributed by atoms with Gasteiger partial charge in [-0.1, -0.05) is 6.07 Å². The van der Waals surface area contributed by atoms with Crippen LogP contribution in [0.15, 0.2) is 18.2 Å². The Bertz CT molecular complexity index is 376. The van der Waals surface area contributed by atoms with Gasteiger partial charge in [-0.05, 0) is 19.1 Å². The number of aliphatic hydroxyl groups is 1. The predicted molar refractivity (Wildman–Crippen MR) is 50.0 cm³/mol. The lowest BCUT2D eigenvalue weighted by Crippen LogP contribution is -2.27. The fourth-order valence-electron chi connectivity index (χ4n) is 1.36. The van der Waals surface area contributed by atoms with Crippen LogP contribution in [0, 0.1) is 5.82 Å². The maximum absolute atomic E-state index is 13.3. The highest BCUT2D eigenvalue weighted by Gasteiger charge is 2.36. The minimum Gasteiger partial charge on any atom is -0.391 e. The van der Waals surface area contributed by atoms with Gasteiger partial charge in [-0.3, -0.25) is 0 Å². The molecule has 0 unspecified atom stereocenters. The van der Waals surface area contributed by atoms with E-state index in [0.29, 0.717) is 0 Å². The number of rotatable bonds is 2. The van der Waals surface area contributed by atoms with Crippen molar-refractivity contribution in [3.63, 3.8) is 0 Å². The minimum atomic E-state index is -4.69. The number of benzene rings is 1. The summed E-state index contributed by atoms with van der Waals surface area (Å²) in [6.07, 6.45) is -5.96. The highest BCUT2D eigenvalue weighted by molar-refractivity contribution is 5.34. The van der Waals surface area contributed by atoms with E-state index in [1.165, 1.54) is 6.92 Å². The number of nitrogens with two attached hydrogens (primary N) is 1. The van der Waals surface area contributed by atoms with Crippen LogP contribution in [0.5, 0.6) is 0 Å². The van der Waals surface area contributed by atoms with Gasteiger partial charge in [0.15, 0.2) is 0 Å². The minimum absolute atomic E-state index is 0.704. The zero-order valence-corrected chi connectivity index (χ0v) is 8.42. The van der Waals surface area contributed by atoms with Crippen molar-refractivity contribution in [2.24, 2.45) is 5.73 Å². The molecular weight excluding hydrogens is 226 g/mol. The molecule has 2 nitrogen and oxygen atoms in total. The molecule has 0 saturated carbocycles. The molecule has 2 atom stereocenters. The van der Waals surface area contributed by atoms with Crippen LogP contribution in [0.25, 0.3) is 0 Å². The second-order valence-electron chi connectivity index (χ2n) is 3.47. The molecule has 0 heterocycles. The zero-order chi connectivity index (χ0) is 12.5. The summed E-state index contributed by atoms with van der Waals surface area (Å²) in [5, 5.41) is 9.13. The van der Waals surface area contributed by atoms with Crippen molar-refractivity contribution in [3.05, 3.63) is 35.1 Å². The average Bonchev–Trinajstić information content (AvgIpc) is 2.14. The molecule has 0 aliphatic carbocycles. The van der Waals surface area contributed by atoms with E-state index in [9.17, 15) is 17.6 Å².